The molecule has 0 aliphatic heterocycles. The summed E-state index contributed by atoms with van der Waals surface area (Å²) in [4.78, 5) is 0. The molecule has 0 radical (unpaired) electrons. The molecule has 0 heterocycles. The van der Waals surface area contributed by atoms with E-state index in [2.05, 4.69) is 0 Å². The van der Waals surface area contributed by atoms with Crippen molar-refractivity contribution >= 4 is 12.4 Å². The van der Waals surface area contributed by atoms with E-state index < -0.39 is 12.5 Å². The molecule has 0 aliphatic carbocycles. The van der Waals surface area contributed by atoms with Crippen LogP contribution in [0.15, 0.2) is 48.5 Å². The molecule has 0 unspecified atom stereocenters. The van der Waals surface area contributed by atoms with Gasteiger partial charge in [-0.1, -0.05) is 36.4 Å². The lowest BCUT2D eigenvalue weighted by Gasteiger charge is -2.16. The van der Waals surface area contributed by atoms with E-state index >= 15 is 0 Å². The Morgan fingerprint density at radius 3 is 2.30 bits per heavy atom. The van der Waals surface area contributed by atoms with E-state index in [0.29, 0.717) is 30.3 Å². The summed E-state index contributed by atoms with van der Waals surface area (Å²) in [7, 11) is 0. The van der Waals surface area contributed by atoms with E-state index in [1.165, 1.54) is 6.07 Å². The minimum Gasteiger partial charge on any atom is -0.490 e. The highest BCUT2D eigenvalue weighted by Gasteiger charge is 2.19. The van der Waals surface area contributed by atoms with Gasteiger partial charge in [0.05, 0.1) is 12.6 Å². The Morgan fingerprint density at radius 2 is 1.70 bits per heavy atom. The number of hydrogen-bond acceptors (Lipinski definition) is 3. The van der Waals surface area contributed by atoms with Crippen molar-refractivity contribution in [1.82, 2.24) is 0 Å². The summed E-state index contributed by atoms with van der Waals surface area (Å²) < 4.78 is 36.6. The van der Waals surface area contributed by atoms with E-state index in [4.69, 9.17) is 15.2 Å². The fraction of sp³-hybridized carbons (Fsp3) is 0.294. The van der Waals surface area contributed by atoms with Crippen LogP contribution in [-0.4, -0.2) is 13.0 Å². The first kappa shape index (κ1) is 19.2. The highest BCUT2D eigenvalue weighted by molar-refractivity contribution is 5.85. The standard InChI is InChI=1S/C17H19F2NO2.ClH/c1-2-21-15-10-13(16(20)17(18)19)8-9-14(15)22-11-12-6-4-3-5-7-12;/h3-10,16-17H,2,11,20H2,1H3;1H/t16-;/m0./s1. The van der Waals surface area contributed by atoms with Crippen LogP contribution in [0.3, 0.4) is 0 Å². The lowest BCUT2D eigenvalue weighted by atomic mass is 10.1. The third-order valence-corrected chi connectivity index (χ3v) is 3.16. The van der Waals surface area contributed by atoms with Gasteiger partial charge in [0.2, 0.25) is 0 Å². The number of rotatable bonds is 7. The molecule has 3 nitrogen and oxygen atoms in total. The average Bonchev–Trinajstić information content (AvgIpc) is 2.54. The average molecular weight is 344 g/mol. The predicted octanol–water partition coefficient (Wildman–Crippen LogP) is 4.35. The Morgan fingerprint density at radius 1 is 1.00 bits per heavy atom. The Hall–Kier alpha value is -1.85. The van der Waals surface area contributed by atoms with Crippen LogP contribution in [0.1, 0.15) is 24.1 Å². The van der Waals surface area contributed by atoms with Gasteiger partial charge in [-0.3, -0.25) is 0 Å². The topological polar surface area (TPSA) is 44.5 Å². The molecule has 0 amide bonds. The molecule has 2 rings (SSSR count). The first-order chi connectivity index (χ1) is 10.6. The van der Waals surface area contributed by atoms with Crippen molar-refractivity contribution in [2.24, 2.45) is 5.73 Å². The molecule has 0 fully saturated rings. The third-order valence-electron chi connectivity index (χ3n) is 3.16. The van der Waals surface area contributed by atoms with Gasteiger partial charge < -0.3 is 15.2 Å². The molecular weight excluding hydrogens is 324 g/mol. The van der Waals surface area contributed by atoms with Crippen LogP contribution in [-0.2, 0) is 6.61 Å². The molecule has 2 aromatic rings. The molecule has 126 valence electrons. The highest BCUT2D eigenvalue weighted by Crippen LogP contribution is 2.32. The maximum atomic E-state index is 12.7. The largest absolute Gasteiger partial charge is 0.490 e. The number of nitrogens with two attached hydrogens (primary N) is 1. The molecule has 0 aliphatic rings. The van der Waals surface area contributed by atoms with E-state index in [9.17, 15) is 8.78 Å². The molecule has 0 saturated carbocycles. The SMILES string of the molecule is CCOc1cc([C@H](N)C(F)F)ccc1OCc1ccccc1.Cl. The summed E-state index contributed by atoms with van der Waals surface area (Å²) in [5.41, 5.74) is 6.81. The van der Waals surface area contributed by atoms with Crippen molar-refractivity contribution in [1.29, 1.82) is 0 Å². The van der Waals surface area contributed by atoms with E-state index in [1.54, 1.807) is 12.1 Å². The molecule has 2 aromatic carbocycles. The predicted molar refractivity (Wildman–Crippen MR) is 88.6 cm³/mol. The van der Waals surface area contributed by atoms with Crippen LogP contribution < -0.4 is 15.2 Å². The lowest BCUT2D eigenvalue weighted by Crippen LogP contribution is -2.19. The van der Waals surface area contributed by atoms with Crippen molar-refractivity contribution in [3.63, 3.8) is 0 Å². The lowest BCUT2D eigenvalue weighted by molar-refractivity contribution is 0.116. The number of ether oxygens (including phenoxy) is 2. The Balaban J connectivity index is 0.00000264. The molecule has 0 saturated heterocycles. The van der Waals surface area contributed by atoms with Crippen LogP contribution in [0.5, 0.6) is 11.5 Å². The van der Waals surface area contributed by atoms with E-state index in [0.717, 1.165) is 5.56 Å². The van der Waals surface area contributed by atoms with Crippen LogP contribution in [0.25, 0.3) is 0 Å². The second-order valence-corrected chi connectivity index (χ2v) is 4.77. The Labute approximate surface area is 140 Å². The van der Waals surface area contributed by atoms with Crippen molar-refractivity contribution in [2.45, 2.75) is 26.0 Å². The minimum atomic E-state index is -2.62. The van der Waals surface area contributed by atoms with Gasteiger partial charge in [0.15, 0.2) is 11.5 Å². The molecular formula is C17H20ClF2NO2. The molecule has 0 aromatic heterocycles. The quantitative estimate of drug-likeness (QED) is 0.812. The van der Waals surface area contributed by atoms with Crippen molar-refractivity contribution in [3.05, 3.63) is 59.7 Å². The van der Waals surface area contributed by atoms with Gasteiger partial charge in [-0.15, -0.1) is 12.4 Å². The van der Waals surface area contributed by atoms with Gasteiger partial charge in [0.1, 0.15) is 6.61 Å². The van der Waals surface area contributed by atoms with Crippen LogP contribution in [0.4, 0.5) is 8.78 Å². The number of alkyl halides is 2. The summed E-state index contributed by atoms with van der Waals surface area (Å²) in [5, 5.41) is 0. The Kier molecular flexibility index (Phi) is 7.78. The zero-order chi connectivity index (χ0) is 15.9. The molecule has 6 heteroatoms. The molecule has 1 atom stereocenters. The second-order valence-electron chi connectivity index (χ2n) is 4.77. The maximum absolute atomic E-state index is 12.7. The first-order valence-electron chi connectivity index (χ1n) is 7.09. The molecule has 23 heavy (non-hydrogen) atoms. The van der Waals surface area contributed by atoms with Gasteiger partial charge in [-0.2, -0.15) is 0 Å². The molecule has 0 spiro atoms. The molecule has 2 N–H and O–H groups in total. The summed E-state index contributed by atoms with van der Waals surface area (Å²) in [6.45, 7) is 2.61. The van der Waals surface area contributed by atoms with Crippen molar-refractivity contribution < 1.29 is 18.3 Å². The van der Waals surface area contributed by atoms with Gasteiger partial charge in [0.25, 0.3) is 6.43 Å². The summed E-state index contributed by atoms with van der Waals surface area (Å²) in [5.74, 6) is 0.933. The number of hydrogen-bond donors (Lipinski definition) is 1. The zero-order valence-corrected chi connectivity index (χ0v) is 13.6. The summed E-state index contributed by atoms with van der Waals surface area (Å²) in [6, 6.07) is 13.0. The maximum Gasteiger partial charge on any atom is 0.257 e. The monoisotopic (exact) mass is 343 g/mol. The summed E-state index contributed by atoms with van der Waals surface area (Å²) >= 11 is 0. The third kappa shape index (κ3) is 5.37. The normalized spacial score (nSPS) is 11.7. The smallest absolute Gasteiger partial charge is 0.257 e. The van der Waals surface area contributed by atoms with E-state index in [1.807, 2.05) is 37.3 Å². The summed E-state index contributed by atoms with van der Waals surface area (Å²) in [6.07, 6.45) is -2.62. The highest BCUT2D eigenvalue weighted by atomic mass is 35.5. The Bertz CT molecular complexity index is 596. The van der Waals surface area contributed by atoms with E-state index in [-0.39, 0.29) is 12.4 Å². The van der Waals surface area contributed by atoms with Crippen LogP contribution in [0.2, 0.25) is 0 Å². The fourth-order valence-corrected chi connectivity index (χ4v) is 2.00. The minimum absolute atomic E-state index is 0. The first-order valence-corrected chi connectivity index (χ1v) is 7.09. The van der Waals surface area contributed by atoms with Gasteiger partial charge in [0, 0.05) is 0 Å². The van der Waals surface area contributed by atoms with Gasteiger partial charge in [-0.05, 0) is 30.2 Å². The second kappa shape index (κ2) is 9.33. The van der Waals surface area contributed by atoms with Crippen LogP contribution >= 0.6 is 12.4 Å². The van der Waals surface area contributed by atoms with Crippen molar-refractivity contribution in [3.8, 4) is 11.5 Å². The van der Waals surface area contributed by atoms with Crippen molar-refractivity contribution in [2.75, 3.05) is 6.61 Å². The van der Waals surface area contributed by atoms with Gasteiger partial charge >= 0.3 is 0 Å². The van der Waals surface area contributed by atoms with Gasteiger partial charge in [-0.25, -0.2) is 8.78 Å². The van der Waals surface area contributed by atoms with Crippen LogP contribution in [0, 0.1) is 0 Å². The fourth-order valence-electron chi connectivity index (χ4n) is 2.00. The number of benzene rings is 2. The number of halogens is 3. The molecule has 0 bridgehead atoms. The zero-order valence-electron chi connectivity index (χ0n) is 12.7.